The van der Waals surface area contributed by atoms with E-state index >= 15 is 0 Å². The zero-order valence-electron chi connectivity index (χ0n) is 10.6. The highest BCUT2D eigenvalue weighted by Gasteiger charge is 2.36. The summed E-state index contributed by atoms with van der Waals surface area (Å²) in [4.78, 5) is 0. The van der Waals surface area contributed by atoms with E-state index < -0.39 is 23.6 Å². The van der Waals surface area contributed by atoms with Crippen LogP contribution in [0.15, 0.2) is 18.2 Å². The molecule has 114 valence electrons. The Labute approximate surface area is 120 Å². The van der Waals surface area contributed by atoms with Crippen LogP contribution in [0.1, 0.15) is 30.0 Å². The quantitative estimate of drug-likeness (QED) is 0.845. The molecule has 0 radical (unpaired) electrons. The van der Waals surface area contributed by atoms with Gasteiger partial charge in [-0.15, -0.1) is 12.4 Å². The van der Waals surface area contributed by atoms with E-state index in [0.717, 1.165) is 18.2 Å². The number of alkyl halides is 3. The van der Waals surface area contributed by atoms with Gasteiger partial charge in [-0.2, -0.15) is 13.2 Å². The molecule has 1 aliphatic rings. The van der Waals surface area contributed by atoms with Gasteiger partial charge in [0, 0.05) is 19.3 Å². The van der Waals surface area contributed by atoms with Gasteiger partial charge in [-0.1, -0.05) is 0 Å². The zero-order valence-corrected chi connectivity index (χ0v) is 11.4. The molecule has 2 rings (SSSR count). The van der Waals surface area contributed by atoms with E-state index in [2.05, 4.69) is 0 Å². The van der Waals surface area contributed by atoms with Crippen LogP contribution < -0.4 is 5.73 Å². The number of hydrogen-bond acceptors (Lipinski definition) is 2. The van der Waals surface area contributed by atoms with Crippen molar-refractivity contribution in [3.63, 3.8) is 0 Å². The second-order valence-corrected chi connectivity index (χ2v) is 4.70. The van der Waals surface area contributed by atoms with Gasteiger partial charge in [-0.05, 0) is 42.5 Å². The van der Waals surface area contributed by atoms with Crippen molar-refractivity contribution in [2.24, 2.45) is 11.7 Å². The third kappa shape index (κ3) is 3.84. The molecule has 1 aliphatic heterocycles. The minimum absolute atomic E-state index is 0. The Kier molecular flexibility index (Phi) is 5.79. The minimum atomic E-state index is -4.52. The summed E-state index contributed by atoms with van der Waals surface area (Å²) in [6.45, 7) is 0.962. The maximum Gasteiger partial charge on any atom is 0.416 e. The summed E-state index contributed by atoms with van der Waals surface area (Å²) < 4.78 is 57.1. The van der Waals surface area contributed by atoms with Crippen LogP contribution in [0.3, 0.4) is 0 Å². The van der Waals surface area contributed by atoms with E-state index in [-0.39, 0.29) is 23.9 Å². The van der Waals surface area contributed by atoms with E-state index in [1.807, 2.05) is 0 Å². The van der Waals surface area contributed by atoms with Crippen molar-refractivity contribution in [1.82, 2.24) is 0 Å². The Morgan fingerprint density at radius 1 is 1.20 bits per heavy atom. The van der Waals surface area contributed by atoms with Gasteiger partial charge in [0.05, 0.1) is 5.56 Å². The van der Waals surface area contributed by atoms with Crippen LogP contribution >= 0.6 is 12.4 Å². The largest absolute Gasteiger partial charge is 0.416 e. The molecule has 1 atom stereocenters. The van der Waals surface area contributed by atoms with Crippen LogP contribution in [-0.2, 0) is 10.9 Å². The molecule has 2 nitrogen and oxygen atoms in total. The SMILES string of the molecule is Cl.N[C@@H](c1cc(F)ccc1C(F)(F)F)C1CCOCC1. The van der Waals surface area contributed by atoms with Crippen molar-refractivity contribution in [2.45, 2.75) is 25.1 Å². The highest BCUT2D eigenvalue weighted by molar-refractivity contribution is 5.85. The van der Waals surface area contributed by atoms with E-state index in [0.29, 0.717) is 26.1 Å². The first-order valence-corrected chi connectivity index (χ1v) is 6.09. The standard InChI is InChI=1S/C13H15F4NO.ClH/c14-9-1-2-11(13(15,16)17)10(7-9)12(18)8-3-5-19-6-4-8;/h1-2,7-8,12H,3-6,18H2;1H/t12-;/m1./s1. The highest BCUT2D eigenvalue weighted by atomic mass is 35.5. The predicted octanol–water partition coefficient (Wildman–Crippen LogP) is 3.69. The molecule has 7 heteroatoms. The van der Waals surface area contributed by atoms with Crippen LogP contribution in [0.4, 0.5) is 17.6 Å². The van der Waals surface area contributed by atoms with Crippen molar-refractivity contribution in [2.75, 3.05) is 13.2 Å². The lowest BCUT2D eigenvalue weighted by Crippen LogP contribution is -2.29. The molecular formula is C13H16ClF4NO. The minimum Gasteiger partial charge on any atom is -0.381 e. The van der Waals surface area contributed by atoms with E-state index in [1.165, 1.54) is 0 Å². The maximum atomic E-state index is 13.2. The summed E-state index contributed by atoms with van der Waals surface area (Å²) in [6, 6.07) is 1.63. The third-order valence-corrected chi connectivity index (χ3v) is 3.45. The first kappa shape index (κ1) is 17.2. The topological polar surface area (TPSA) is 35.2 Å². The van der Waals surface area contributed by atoms with Crippen LogP contribution in [0, 0.1) is 11.7 Å². The number of nitrogens with two attached hydrogens (primary N) is 1. The second-order valence-electron chi connectivity index (χ2n) is 4.70. The summed E-state index contributed by atoms with van der Waals surface area (Å²) in [7, 11) is 0. The lowest BCUT2D eigenvalue weighted by molar-refractivity contribution is -0.138. The Morgan fingerprint density at radius 3 is 2.35 bits per heavy atom. The Balaban J connectivity index is 0.00000200. The molecule has 1 aromatic carbocycles. The van der Waals surface area contributed by atoms with Crippen molar-refractivity contribution < 1.29 is 22.3 Å². The Bertz CT molecular complexity index is 446. The highest BCUT2D eigenvalue weighted by Crippen LogP contribution is 2.38. The lowest BCUT2D eigenvalue weighted by Gasteiger charge is -2.29. The number of rotatable bonds is 2. The average molecular weight is 314 g/mol. The fraction of sp³-hybridized carbons (Fsp3) is 0.538. The number of ether oxygens (including phenoxy) is 1. The summed E-state index contributed by atoms with van der Waals surface area (Å²) >= 11 is 0. The van der Waals surface area contributed by atoms with Gasteiger partial charge >= 0.3 is 6.18 Å². The van der Waals surface area contributed by atoms with Crippen molar-refractivity contribution in [1.29, 1.82) is 0 Å². The number of benzene rings is 1. The van der Waals surface area contributed by atoms with Gasteiger partial charge in [-0.3, -0.25) is 0 Å². The molecule has 0 spiro atoms. The fourth-order valence-electron chi connectivity index (χ4n) is 2.40. The molecule has 1 heterocycles. The van der Waals surface area contributed by atoms with E-state index in [1.54, 1.807) is 0 Å². The van der Waals surface area contributed by atoms with Crippen LogP contribution in [0.25, 0.3) is 0 Å². The van der Waals surface area contributed by atoms with Gasteiger partial charge in [-0.25, -0.2) is 4.39 Å². The first-order chi connectivity index (χ1) is 8.89. The van der Waals surface area contributed by atoms with Crippen LogP contribution in [0.5, 0.6) is 0 Å². The molecule has 1 aromatic rings. The Morgan fingerprint density at radius 2 is 1.80 bits per heavy atom. The summed E-state index contributed by atoms with van der Waals surface area (Å²) in [6.07, 6.45) is -3.34. The average Bonchev–Trinajstić information content (AvgIpc) is 2.37. The van der Waals surface area contributed by atoms with Crippen LogP contribution in [-0.4, -0.2) is 13.2 Å². The second kappa shape index (κ2) is 6.74. The van der Waals surface area contributed by atoms with E-state index in [9.17, 15) is 17.6 Å². The van der Waals surface area contributed by atoms with Gasteiger partial charge in [0.1, 0.15) is 5.82 Å². The summed E-state index contributed by atoms with van der Waals surface area (Å²) in [5, 5.41) is 0. The molecule has 1 fully saturated rings. The predicted molar refractivity (Wildman–Crippen MR) is 69.1 cm³/mol. The summed E-state index contributed by atoms with van der Waals surface area (Å²) in [5.74, 6) is -0.817. The van der Waals surface area contributed by atoms with Crippen molar-refractivity contribution in [3.05, 3.63) is 35.1 Å². The van der Waals surface area contributed by atoms with Crippen molar-refractivity contribution >= 4 is 12.4 Å². The van der Waals surface area contributed by atoms with Crippen molar-refractivity contribution in [3.8, 4) is 0 Å². The molecule has 0 bridgehead atoms. The molecule has 0 unspecified atom stereocenters. The molecule has 0 amide bonds. The molecule has 0 aliphatic carbocycles. The molecule has 0 saturated carbocycles. The number of hydrogen-bond donors (Lipinski definition) is 1. The first-order valence-electron chi connectivity index (χ1n) is 6.09. The summed E-state index contributed by atoms with van der Waals surface area (Å²) in [5.41, 5.74) is 4.89. The van der Waals surface area contributed by atoms with E-state index in [4.69, 9.17) is 10.5 Å². The Hall–Kier alpha value is -0.850. The maximum absolute atomic E-state index is 13.2. The fourth-order valence-corrected chi connectivity index (χ4v) is 2.40. The van der Waals surface area contributed by atoms with Crippen LogP contribution in [0.2, 0.25) is 0 Å². The molecular weight excluding hydrogens is 298 g/mol. The van der Waals surface area contributed by atoms with Gasteiger partial charge in [0.2, 0.25) is 0 Å². The smallest absolute Gasteiger partial charge is 0.381 e. The molecule has 2 N–H and O–H groups in total. The normalized spacial score (nSPS) is 18.4. The zero-order chi connectivity index (χ0) is 14.0. The van der Waals surface area contributed by atoms with Gasteiger partial charge in [0.15, 0.2) is 0 Å². The third-order valence-electron chi connectivity index (χ3n) is 3.45. The lowest BCUT2D eigenvalue weighted by atomic mass is 9.85. The molecule has 0 aromatic heterocycles. The number of halogens is 5. The molecule has 1 saturated heterocycles. The monoisotopic (exact) mass is 313 g/mol. The van der Waals surface area contributed by atoms with Gasteiger partial charge in [0.25, 0.3) is 0 Å². The molecule has 20 heavy (non-hydrogen) atoms. The van der Waals surface area contributed by atoms with Gasteiger partial charge < -0.3 is 10.5 Å².